The molecule has 2 rings (SSSR count). The van der Waals surface area contributed by atoms with Crippen LogP contribution in [0.25, 0.3) is 0 Å². The number of hydrogen-bond acceptors (Lipinski definition) is 5. The highest BCUT2D eigenvalue weighted by Gasteiger charge is 2.14. The first-order valence-corrected chi connectivity index (χ1v) is 8.83. The SMILES string of the molecule is CCc1ccccc1NC(=O)C(=O)N/N=C\c1cc(I)c(O)c(OC)c1. The molecule has 0 saturated carbocycles. The molecule has 2 amide bonds. The van der Waals surface area contributed by atoms with Gasteiger partial charge in [-0.25, -0.2) is 5.43 Å². The maximum absolute atomic E-state index is 12.0. The summed E-state index contributed by atoms with van der Waals surface area (Å²) in [6.45, 7) is 1.96. The maximum Gasteiger partial charge on any atom is 0.329 e. The highest BCUT2D eigenvalue weighted by atomic mass is 127. The highest BCUT2D eigenvalue weighted by molar-refractivity contribution is 14.1. The second-order valence-corrected chi connectivity index (χ2v) is 6.38. The van der Waals surface area contributed by atoms with Gasteiger partial charge in [0.1, 0.15) is 0 Å². The molecule has 136 valence electrons. The number of methoxy groups -OCH3 is 1. The average molecular weight is 467 g/mol. The van der Waals surface area contributed by atoms with Crippen molar-refractivity contribution in [1.29, 1.82) is 0 Å². The summed E-state index contributed by atoms with van der Waals surface area (Å²) in [7, 11) is 1.44. The Kier molecular flexibility index (Phi) is 6.96. The van der Waals surface area contributed by atoms with Gasteiger partial charge in [-0.2, -0.15) is 5.10 Å². The van der Waals surface area contributed by atoms with Crippen LogP contribution in [0.2, 0.25) is 0 Å². The van der Waals surface area contributed by atoms with Crippen LogP contribution in [0, 0.1) is 3.57 Å². The summed E-state index contributed by atoms with van der Waals surface area (Å²) in [4.78, 5) is 23.8. The first kappa shape index (κ1) is 19.7. The summed E-state index contributed by atoms with van der Waals surface area (Å²) in [6.07, 6.45) is 2.09. The van der Waals surface area contributed by atoms with Crippen LogP contribution in [-0.2, 0) is 16.0 Å². The Morgan fingerprint density at radius 1 is 1.27 bits per heavy atom. The van der Waals surface area contributed by atoms with Crippen LogP contribution >= 0.6 is 22.6 Å². The lowest BCUT2D eigenvalue weighted by molar-refractivity contribution is -0.136. The van der Waals surface area contributed by atoms with E-state index < -0.39 is 11.8 Å². The molecule has 0 unspecified atom stereocenters. The molecule has 0 bridgehead atoms. The summed E-state index contributed by atoms with van der Waals surface area (Å²) in [5.41, 5.74) is 4.30. The predicted molar refractivity (Wildman–Crippen MR) is 108 cm³/mol. The summed E-state index contributed by atoms with van der Waals surface area (Å²) < 4.78 is 5.63. The minimum absolute atomic E-state index is 0.0308. The number of ether oxygens (including phenoxy) is 1. The molecule has 0 radical (unpaired) electrons. The smallest absolute Gasteiger partial charge is 0.329 e. The zero-order valence-electron chi connectivity index (χ0n) is 14.2. The number of hydrogen-bond donors (Lipinski definition) is 3. The van der Waals surface area contributed by atoms with Gasteiger partial charge in [0.2, 0.25) is 0 Å². The molecule has 7 nitrogen and oxygen atoms in total. The molecule has 0 aromatic heterocycles. The van der Waals surface area contributed by atoms with Gasteiger partial charge in [0.05, 0.1) is 16.9 Å². The van der Waals surface area contributed by atoms with Gasteiger partial charge in [-0.1, -0.05) is 25.1 Å². The lowest BCUT2D eigenvalue weighted by Crippen LogP contribution is -2.32. The van der Waals surface area contributed by atoms with Crippen molar-refractivity contribution in [3.05, 3.63) is 51.1 Å². The molecule has 2 aromatic rings. The van der Waals surface area contributed by atoms with E-state index in [4.69, 9.17) is 4.74 Å². The van der Waals surface area contributed by atoms with Crippen molar-refractivity contribution in [1.82, 2.24) is 5.43 Å². The Bertz CT molecular complexity index is 852. The monoisotopic (exact) mass is 467 g/mol. The number of nitrogens with one attached hydrogen (secondary N) is 2. The van der Waals surface area contributed by atoms with Crippen molar-refractivity contribution in [3.8, 4) is 11.5 Å². The molecule has 0 spiro atoms. The number of para-hydroxylation sites is 1. The number of aromatic hydroxyl groups is 1. The number of amides is 2. The summed E-state index contributed by atoms with van der Waals surface area (Å²) in [6, 6.07) is 10.5. The van der Waals surface area contributed by atoms with Gasteiger partial charge in [0, 0.05) is 5.69 Å². The predicted octanol–water partition coefficient (Wildman–Crippen LogP) is 2.66. The molecular weight excluding hydrogens is 449 g/mol. The van der Waals surface area contributed by atoms with Crippen molar-refractivity contribution in [3.63, 3.8) is 0 Å². The Hall–Kier alpha value is -2.62. The average Bonchev–Trinajstić information content (AvgIpc) is 2.64. The van der Waals surface area contributed by atoms with Crippen molar-refractivity contribution in [2.45, 2.75) is 13.3 Å². The maximum atomic E-state index is 12.0. The topological polar surface area (TPSA) is 100 Å². The van der Waals surface area contributed by atoms with Gasteiger partial charge >= 0.3 is 11.8 Å². The van der Waals surface area contributed by atoms with E-state index in [9.17, 15) is 14.7 Å². The third-order valence-electron chi connectivity index (χ3n) is 3.50. The zero-order valence-corrected chi connectivity index (χ0v) is 16.4. The van der Waals surface area contributed by atoms with Crippen molar-refractivity contribution >= 4 is 46.3 Å². The summed E-state index contributed by atoms with van der Waals surface area (Å²) in [5, 5.41) is 16.1. The fourth-order valence-electron chi connectivity index (χ4n) is 2.17. The number of anilines is 1. The number of benzene rings is 2. The second kappa shape index (κ2) is 9.18. The number of halogens is 1. The lowest BCUT2D eigenvalue weighted by Gasteiger charge is -2.08. The van der Waals surface area contributed by atoms with Crippen LogP contribution < -0.4 is 15.5 Å². The molecule has 26 heavy (non-hydrogen) atoms. The number of rotatable bonds is 5. The van der Waals surface area contributed by atoms with Crippen molar-refractivity contribution in [2.75, 3.05) is 12.4 Å². The van der Waals surface area contributed by atoms with E-state index in [1.165, 1.54) is 13.3 Å². The number of phenols is 1. The van der Waals surface area contributed by atoms with Crippen LogP contribution in [0.15, 0.2) is 41.5 Å². The van der Waals surface area contributed by atoms with Crippen molar-refractivity contribution in [2.24, 2.45) is 5.10 Å². The van der Waals surface area contributed by atoms with E-state index in [0.717, 1.165) is 12.0 Å². The summed E-state index contributed by atoms with van der Waals surface area (Å²) in [5.74, 6) is -1.37. The van der Waals surface area contributed by atoms with Gasteiger partial charge < -0.3 is 15.2 Å². The molecule has 0 aliphatic rings. The molecule has 0 aliphatic heterocycles. The first-order chi connectivity index (χ1) is 12.5. The molecule has 8 heteroatoms. The first-order valence-electron chi connectivity index (χ1n) is 7.75. The Morgan fingerprint density at radius 3 is 2.69 bits per heavy atom. The fraction of sp³-hybridized carbons (Fsp3) is 0.167. The van der Waals surface area contributed by atoms with E-state index >= 15 is 0 Å². The molecule has 0 heterocycles. The van der Waals surface area contributed by atoms with Gasteiger partial charge in [-0.05, 0) is 58.3 Å². The van der Waals surface area contributed by atoms with E-state index in [2.05, 4.69) is 15.8 Å². The van der Waals surface area contributed by atoms with Crippen LogP contribution in [0.4, 0.5) is 5.69 Å². The standard InChI is InChI=1S/C18H18IN3O4/c1-3-12-6-4-5-7-14(12)21-17(24)18(25)22-20-10-11-8-13(19)16(23)15(9-11)26-2/h4-10,23H,3H2,1-2H3,(H,21,24)(H,22,25)/b20-10-. The Balaban J connectivity index is 2.00. The second-order valence-electron chi connectivity index (χ2n) is 5.22. The van der Waals surface area contributed by atoms with Gasteiger partial charge in [0.15, 0.2) is 11.5 Å². The largest absolute Gasteiger partial charge is 0.504 e. The molecule has 3 N–H and O–H groups in total. The normalized spacial score (nSPS) is 10.6. The van der Waals surface area contributed by atoms with E-state index in [1.807, 2.05) is 41.6 Å². The molecule has 0 aliphatic carbocycles. The van der Waals surface area contributed by atoms with Crippen molar-refractivity contribution < 1.29 is 19.4 Å². The number of aryl methyl sites for hydroxylation is 1. The van der Waals surface area contributed by atoms with Crippen LogP contribution in [0.3, 0.4) is 0 Å². The van der Waals surface area contributed by atoms with E-state index in [0.29, 0.717) is 20.6 Å². The highest BCUT2D eigenvalue weighted by Crippen LogP contribution is 2.31. The summed E-state index contributed by atoms with van der Waals surface area (Å²) >= 11 is 1.95. The molecule has 0 atom stereocenters. The van der Waals surface area contributed by atoms with Crippen LogP contribution in [0.5, 0.6) is 11.5 Å². The molecular formula is C18H18IN3O4. The zero-order chi connectivity index (χ0) is 19.1. The minimum Gasteiger partial charge on any atom is -0.504 e. The molecule has 0 fully saturated rings. The third-order valence-corrected chi connectivity index (χ3v) is 4.33. The van der Waals surface area contributed by atoms with E-state index in [1.54, 1.807) is 24.3 Å². The minimum atomic E-state index is -0.882. The molecule has 0 saturated heterocycles. The number of phenolic OH excluding ortho intramolecular Hbond substituents is 1. The Labute approximate surface area is 164 Å². The molecule has 2 aromatic carbocycles. The van der Waals surface area contributed by atoms with Crippen LogP contribution in [0.1, 0.15) is 18.1 Å². The number of carbonyl (C=O) groups is 2. The fourth-order valence-corrected chi connectivity index (χ4v) is 2.80. The quantitative estimate of drug-likeness (QED) is 0.273. The lowest BCUT2D eigenvalue weighted by atomic mass is 10.1. The third kappa shape index (κ3) is 4.94. The van der Waals surface area contributed by atoms with Crippen LogP contribution in [-0.4, -0.2) is 30.2 Å². The van der Waals surface area contributed by atoms with E-state index in [-0.39, 0.29) is 5.75 Å². The van der Waals surface area contributed by atoms with Gasteiger partial charge in [-0.3, -0.25) is 9.59 Å². The number of hydrazone groups is 1. The Morgan fingerprint density at radius 2 is 2.00 bits per heavy atom. The van der Waals surface area contributed by atoms with Gasteiger partial charge in [-0.15, -0.1) is 0 Å². The number of nitrogens with zero attached hydrogens (tertiary/aromatic N) is 1. The number of carbonyl (C=O) groups excluding carboxylic acids is 2. The van der Waals surface area contributed by atoms with Gasteiger partial charge in [0.25, 0.3) is 0 Å².